The van der Waals surface area contributed by atoms with Gasteiger partial charge in [0.15, 0.2) is 0 Å². The van der Waals surface area contributed by atoms with Crippen molar-refractivity contribution < 1.29 is 18.3 Å². The van der Waals surface area contributed by atoms with Crippen LogP contribution >= 0.6 is 11.8 Å². The summed E-state index contributed by atoms with van der Waals surface area (Å²) in [5.74, 6) is -2.42. The van der Waals surface area contributed by atoms with E-state index in [1.54, 1.807) is 13.0 Å². The summed E-state index contributed by atoms with van der Waals surface area (Å²) in [6.07, 6.45) is 0. The fourth-order valence-corrected chi connectivity index (χ4v) is 1.84. The minimum absolute atomic E-state index is 0.0968. The maximum Gasteiger partial charge on any atom is 0.316 e. The lowest BCUT2D eigenvalue weighted by molar-refractivity contribution is -0.139. The Morgan fingerprint density at radius 2 is 2.06 bits per heavy atom. The molecule has 0 heterocycles. The molecule has 6 heteroatoms. The number of nitrogens with zero attached hydrogens (tertiary/aromatic N) is 1. The van der Waals surface area contributed by atoms with E-state index in [-0.39, 0.29) is 22.8 Å². The molecule has 0 amide bonds. The Morgan fingerprint density at radius 1 is 1.47 bits per heavy atom. The average molecular weight is 257 g/mol. The van der Waals surface area contributed by atoms with Crippen molar-refractivity contribution in [1.82, 2.24) is 0 Å². The first kappa shape index (κ1) is 13.5. The van der Waals surface area contributed by atoms with Gasteiger partial charge in [0.2, 0.25) is 0 Å². The number of thioether (sulfide) groups is 1. The van der Waals surface area contributed by atoms with Crippen molar-refractivity contribution >= 4 is 17.7 Å². The Balaban J connectivity index is 2.79. The van der Waals surface area contributed by atoms with Crippen LogP contribution in [-0.2, 0) is 9.53 Å². The molecule has 0 N–H and O–H groups in total. The van der Waals surface area contributed by atoms with Crippen LogP contribution in [0.25, 0.3) is 0 Å². The summed E-state index contributed by atoms with van der Waals surface area (Å²) in [5, 5.41) is 8.50. The van der Waals surface area contributed by atoms with Crippen LogP contribution < -0.4 is 0 Å². The van der Waals surface area contributed by atoms with Gasteiger partial charge in [-0.3, -0.25) is 4.79 Å². The highest BCUT2D eigenvalue weighted by Gasteiger charge is 2.14. The van der Waals surface area contributed by atoms with Crippen LogP contribution in [0.5, 0.6) is 0 Å². The number of rotatable bonds is 4. The number of ether oxygens (including phenoxy) is 1. The predicted molar refractivity (Wildman–Crippen MR) is 58.4 cm³/mol. The summed E-state index contributed by atoms with van der Waals surface area (Å²) >= 11 is 0.707. The maximum atomic E-state index is 13.4. The monoisotopic (exact) mass is 257 g/mol. The fourth-order valence-electron chi connectivity index (χ4n) is 1.10. The molecule has 0 aliphatic carbocycles. The van der Waals surface area contributed by atoms with E-state index < -0.39 is 17.6 Å². The molecule has 1 rings (SSSR count). The van der Waals surface area contributed by atoms with Crippen molar-refractivity contribution in [3.05, 3.63) is 29.3 Å². The molecular weight excluding hydrogens is 248 g/mol. The second-order valence-corrected chi connectivity index (χ2v) is 3.96. The minimum atomic E-state index is -0.851. The number of nitriles is 1. The first-order chi connectivity index (χ1) is 8.08. The molecule has 0 spiro atoms. The molecule has 1 aromatic carbocycles. The summed E-state index contributed by atoms with van der Waals surface area (Å²) in [6, 6.07) is 3.49. The van der Waals surface area contributed by atoms with Gasteiger partial charge in [-0.15, -0.1) is 11.8 Å². The van der Waals surface area contributed by atoms with E-state index in [4.69, 9.17) is 5.26 Å². The lowest BCUT2D eigenvalue weighted by Crippen LogP contribution is -2.07. The SMILES string of the molecule is CCOC(=O)CSc1c(F)cc(C#N)cc1F. The topological polar surface area (TPSA) is 50.1 Å². The van der Waals surface area contributed by atoms with Crippen LogP contribution in [0, 0.1) is 23.0 Å². The van der Waals surface area contributed by atoms with Crippen molar-refractivity contribution in [2.24, 2.45) is 0 Å². The molecule has 0 aliphatic rings. The van der Waals surface area contributed by atoms with E-state index in [1.165, 1.54) is 0 Å². The van der Waals surface area contributed by atoms with Crippen molar-refractivity contribution in [2.75, 3.05) is 12.4 Å². The van der Waals surface area contributed by atoms with E-state index in [0.29, 0.717) is 11.8 Å². The molecule has 0 aliphatic heterocycles. The summed E-state index contributed by atoms with van der Waals surface area (Å²) in [7, 11) is 0. The molecule has 90 valence electrons. The van der Waals surface area contributed by atoms with Gasteiger partial charge >= 0.3 is 5.97 Å². The van der Waals surface area contributed by atoms with Gasteiger partial charge in [-0.05, 0) is 19.1 Å². The number of esters is 1. The Bertz CT molecular complexity index is 448. The number of hydrogen-bond acceptors (Lipinski definition) is 4. The van der Waals surface area contributed by atoms with Gasteiger partial charge < -0.3 is 4.74 Å². The number of benzene rings is 1. The largest absolute Gasteiger partial charge is 0.465 e. The second-order valence-electron chi connectivity index (χ2n) is 2.97. The van der Waals surface area contributed by atoms with Crippen LogP contribution in [-0.4, -0.2) is 18.3 Å². The molecule has 0 unspecified atom stereocenters. The zero-order valence-corrected chi connectivity index (χ0v) is 9.81. The number of hydrogen-bond donors (Lipinski definition) is 0. The molecule has 0 radical (unpaired) electrons. The van der Waals surface area contributed by atoms with Gasteiger partial charge in [0.05, 0.1) is 28.9 Å². The summed E-state index contributed by atoms with van der Waals surface area (Å²) in [4.78, 5) is 10.7. The third-order valence-electron chi connectivity index (χ3n) is 1.77. The highest BCUT2D eigenvalue weighted by molar-refractivity contribution is 8.00. The van der Waals surface area contributed by atoms with E-state index in [9.17, 15) is 13.6 Å². The smallest absolute Gasteiger partial charge is 0.316 e. The third kappa shape index (κ3) is 3.71. The zero-order valence-electron chi connectivity index (χ0n) is 9.00. The quantitative estimate of drug-likeness (QED) is 0.614. The molecule has 0 saturated heterocycles. The zero-order chi connectivity index (χ0) is 12.8. The van der Waals surface area contributed by atoms with Crippen molar-refractivity contribution in [3.8, 4) is 6.07 Å². The molecule has 3 nitrogen and oxygen atoms in total. The van der Waals surface area contributed by atoms with E-state index >= 15 is 0 Å². The van der Waals surface area contributed by atoms with Crippen LogP contribution in [0.4, 0.5) is 8.78 Å². The molecule has 17 heavy (non-hydrogen) atoms. The number of carbonyl (C=O) groups is 1. The predicted octanol–water partition coefficient (Wildman–Crippen LogP) is 2.49. The standard InChI is InChI=1S/C11H9F2NO2S/c1-2-16-10(15)6-17-11-8(12)3-7(5-14)4-9(11)13/h3-4H,2,6H2,1H3. The number of halogens is 2. The van der Waals surface area contributed by atoms with E-state index in [1.807, 2.05) is 0 Å². The van der Waals surface area contributed by atoms with E-state index in [2.05, 4.69) is 4.74 Å². The highest BCUT2D eigenvalue weighted by atomic mass is 32.2. The first-order valence-corrected chi connectivity index (χ1v) is 5.74. The molecule has 0 saturated carbocycles. The number of carbonyl (C=O) groups excluding carboxylic acids is 1. The maximum absolute atomic E-state index is 13.4. The second kappa shape index (κ2) is 6.21. The van der Waals surface area contributed by atoms with Crippen LogP contribution in [0.15, 0.2) is 17.0 Å². The van der Waals surface area contributed by atoms with Crippen LogP contribution in [0.2, 0.25) is 0 Å². The summed E-state index contributed by atoms with van der Waals surface area (Å²) in [5.41, 5.74) is -0.0968. The average Bonchev–Trinajstić information content (AvgIpc) is 2.28. The Kier molecular flexibility index (Phi) is 4.91. The van der Waals surface area contributed by atoms with Gasteiger partial charge in [0.25, 0.3) is 0 Å². The minimum Gasteiger partial charge on any atom is -0.465 e. The summed E-state index contributed by atoms with van der Waals surface area (Å²) < 4.78 is 31.4. The Labute approximate surface area is 101 Å². The molecule has 0 atom stereocenters. The molecule has 1 aromatic rings. The Hall–Kier alpha value is -1.61. The van der Waals surface area contributed by atoms with E-state index in [0.717, 1.165) is 12.1 Å². The fraction of sp³-hybridized carbons (Fsp3) is 0.273. The van der Waals surface area contributed by atoms with Crippen molar-refractivity contribution in [3.63, 3.8) is 0 Å². The van der Waals surface area contributed by atoms with Gasteiger partial charge in [0.1, 0.15) is 11.6 Å². The lowest BCUT2D eigenvalue weighted by Gasteiger charge is -2.05. The van der Waals surface area contributed by atoms with Crippen molar-refractivity contribution in [1.29, 1.82) is 5.26 Å². The first-order valence-electron chi connectivity index (χ1n) is 4.76. The molecule has 0 bridgehead atoms. The van der Waals surface area contributed by atoms with Gasteiger partial charge in [0, 0.05) is 0 Å². The third-order valence-corrected chi connectivity index (χ3v) is 2.83. The van der Waals surface area contributed by atoms with Crippen LogP contribution in [0.3, 0.4) is 0 Å². The van der Waals surface area contributed by atoms with Crippen LogP contribution in [0.1, 0.15) is 12.5 Å². The molecule has 0 fully saturated rings. The Morgan fingerprint density at radius 3 is 2.53 bits per heavy atom. The van der Waals surface area contributed by atoms with Gasteiger partial charge in [-0.2, -0.15) is 5.26 Å². The summed E-state index contributed by atoms with van der Waals surface area (Å²) in [6.45, 7) is 1.86. The molecular formula is C11H9F2NO2S. The lowest BCUT2D eigenvalue weighted by atomic mass is 10.2. The van der Waals surface area contributed by atoms with Gasteiger partial charge in [-0.25, -0.2) is 8.78 Å². The highest BCUT2D eigenvalue weighted by Crippen LogP contribution is 2.26. The normalized spacial score (nSPS) is 9.76. The molecule has 0 aromatic heterocycles. The van der Waals surface area contributed by atoms with Crippen molar-refractivity contribution in [2.45, 2.75) is 11.8 Å². The van der Waals surface area contributed by atoms with Gasteiger partial charge in [-0.1, -0.05) is 0 Å².